The third-order valence-corrected chi connectivity index (χ3v) is 6.54. The second-order valence-corrected chi connectivity index (χ2v) is 9.20. The normalized spacial score (nSPS) is 19.0. The summed E-state index contributed by atoms with van der Waals surface area (Å²) in [4.78, 5) is 9.05. The maximum atomic E-state index is 15.3. The molecule has 0 aliphatic carbocycles. The number of likely N-dealkylation sites (N-methyl/N-ethyl adjacent to an activating group) is 1. The zero-order valence-corrected chi connectivity index (χ0v) is 20.1. The van der Waals surface area contributed by atoms with Crippen molar-refractivity contribution >= 4 is 40.6 Å². The molecule has 3 N–H and O–H groups in total. The first-order chi connectivity index (χ1) is 15.9. The van der Waals surface area contributed by atoms with Crippen molar-refractivity contribution in [1.82, 2.24) is 10.3 Å². The van der Waals surface area contributed by atoms with Crippen LogP contribution in [-0.2, 0) is 0 Å². The van der Waals surface area contributed by atoms with Crippen LogP contribution < -0.4 is 25.9 Å². The highest BCUT2D eigenvalue weighted by Gasteiger charge is 2.28. The molecule has 0 radical (unpaired) electrons. The molecule has 2 aromatic rings. The van der Waals surface area contributed by atoms with Crippen LogP contribution in [-0.4, -0.2) is 75.6 Å². The van der Waals surface area contributed by atoms with Gasteiger partial charge in [-0.1, -0.05) is 18.2 Å². The summed E-state index contributed by atoms with van der Waals surface area (Å²) in [6, 6.07) is 14.4. The Hall–Kier alpha value is -2.91. The van der Waals surface area contributed by atoms with Gasteiger partial charge in [-0.3, -0.25) is 5.43 Å². The van der Waals surface area contributed by atoms with Gasteiger partial charge in [-0.05, 0) is 57.0 Å². The second kappa shape index (κ2) is 10.4. The third-order valence-electron chi connectivity index (χ3n) is 6.45. The summed E-state index contributed by atoms with van der Waals surface area (Å²) in [5.74, 6) is -0.243. The highest BCUT2D eigenvalue weighted by atomic mass is 32.1. The van der Waals surface area contributed by atoms with Crippen molar-refractivity contribution in [2.45, 2.75) is 12.5 Å². The fourth-order valence-corrected chi connectivity index (χ4v) is 4.63. The lowest BCUT2D eigenvalue weighted by atomic mass is 10.1. The molecule has 2 aliphatic heterocycles. The molecule has 0 unspecified atom stereocenters. The number of piperazine rings is 1. The number of hydrazone groups is 1. The molecule has 2 saturated heterocycles. The number of nitrogens with zero attached hydrogens (tertiary/aromatic N) is 5. The predicted octanol–water partition coefficient (Wildman–Crippen LogP) is 2.46. The van der Waals surface area contributed by atoms with Gasteiger partial charge < -0.3 is 25.3 Å². The van der Waals surface area contributed by atoms with Crippen molar-refractivity contribution in [2.75, 3.05) is 68.1 Å². The first-order valence-electron chi connectivity index (χ1n) is 11.3. The van der Waals surface area contributed by atoms with Crippen molar-refractivity contribution in [3.8, 4) is 0 Å². The molecule has 7 nitrogen and oxygen atoms in total. The van der Waals surface area contributed by atoms with Gasteiger partial charge in [0.25, 0.3) is 0 Å². The van der Waals surface area contributed by atoms with Gasteiger partial charge in [0.2, 0.25) is 0 Å². The highest BCUT2D eigenvalue weighted by molar-refractivity contribution is 7.80. The van der Waals surface area contributed by atoms with E-state index in [1.165, 1.54) is 5.69 Å². The number of nitrogens with two attached hydrogens (primary N) is 1. The van der Waals surface area contributed by atoms with Crippen molar-refractivity contribution in [2.24, 2.45) is 10.8 Å². The van der Waals surface area contributed by atoms with Gasteiger partial charge in [0.1, 0.15) is 5.82 Å². The van der Waals surface area contributed by atoms with Crippen LogP contribution in [0.5, 0.6) is 0 Å². The first-order valence-corrected chi connectivity index (χ1v) is 11.7. The van der Waals surface area contributed by atoms with E-state index in [2.05, 4.69) is 68.5 Å². The van der Waals surface area contributed by atoms with Gasteiger partial charge in [-0.15, -0.1) is 0 Å². The molecule has 0 saturated carbocycles. The van der Waals surface area contributed by atoms with Gasteiger partial charge in [-0.2, -0.15) is 5.10 Å². The standard InChI is InChI=1S/C24H32FN7S/c1-29(2)20-8-9-32(17-20)22-15-23(21(25)14-18(22)16-27-28-24(26)33)31-12-10-30(11-13-31)19-6-4-3-5-7-19/h3-7,14-16,20H,8-13,17H2,1-2H3,(H3,26,28,33)/b27-16+/t20-/m1/s1. The Morgan fingerprint density at radius 1 is 1.06 bits per heavy atom. The molecule has 176 valence electrons. The Kier molecular flexibility index (Phi) is 7.29. The smallest absolute Gasteiger partial charge is 0.184 e. The summed E-state index contributed by atoms with van der Waals surface area (Å²) in [6.45, 7) is 5.05. The molecule has 0 amide bonds. The van der Waals surface area contributed by atoms with Crippen LogP contribution in [0, 0.1) is 5.82 Å². The fourth-order valence-electron chi connectivity index (χ4n) is 4.58. The number of hydrogen-bond acceptors (Lipinski definition) is 6. The van der Waals surface area contributed by atoms with Crippen LogP contribution in [0.2, 0.25) is 0 Å². The van der Waals surface area contributed by atoms with E-state index in [9.17, 15) is 0 Å². The van der Waals surface area contributed by atoms with Crippen LogP contribution in [0.25, 0.3) is 0 Å². The summed E-state index contributed by atoms with van der Waals surface area (Å²) in [7, 11) is 4.20. The van der Waals surface area contributed by atoms with Crippen LogP contribution >= 0.6 is 12.2 Å². The van der Waals surface area contributed by atoms with E-state index < -0.39 is 0 Å². The number of nitrogens with one attached hydrogen (secondary N) is 1. The molecule has 2 fully saturated rings. The molecular weight excluding hydrogens is 437 g/mol. The fraction of sp³-hybridized carbons (Fsp3) is 0.417. The van der Waals surface area contributed by atoms with E-state index in [4.69, 9.17) is 18.0 Å². The molecule has 2 aromatic carbocycles. The van der Waals surface area contributed by atoms with Gasteiger partial charge >= 0.3 is 0 Å². The van der Waals surface area contributed by atoms with Crippen LogP contribution in [0.4, 0.5) is 21.5 Å². The molecule has 4 rings (SSSR count). The first kappa shape index (κ1) is 23.3. The van der Waals surface area contributed by atoms with E-state index in [-0.39, 0.29) is 10.9 Å². The van der Waals surface area contributed by atoms with E-state index in [1.54, 1.807) is 12.3 Å². The summed E-state index contributed by atoms with van der Waals surface area (Å²) in [6.07, 6.45) is 2.66. The maximum Gasteiger partial charge on any atom is 0.184 e. The monoisotopic (exact) mass is 469 g/mol. The third kappa shape index (κ3) is 5.54. The molecule has 9 heteroatoms. The summed E-state index contributed by atoms with van der Waals surface area (Å²) < 4.78 is 15.3. The van der Waals surface area contributed by atoms with Crippen LogP contribution in [0.1, 0.15) is 12.0 Å². The van der Waals surface area contributed by atoms with Gasteiger partial charge in [0.15, 0.2) is 5.11 Å². The number of hydrogen-bond donors (Lipinski definition) is 2. The van der Waals surface area contributed by atoms with Crippen molar-refractivity contribution in [1.29, 1.82) is 0 Å². The number of anilines is 3. The summed E-state index contributed by atoms with van der Waals surface area (Å²) in [5, 5.41) is 4.17. The predicted molar refractivity (Wildman–Crippen MR) is 139 cm³/mol. The largest absolute Gasteiger partial charge is 0.375 e. The lowest BCUT2D eigenvalue weighted by molar-refractivity contribution is 0.315. The number of benzene rings is 2. The van der Waals surface area contributed by atoms with Crippen LogP contribution in [0.3, 0.4) is 0 Å². The van der Waals surface area contributed by atoms with E-state index >= 15 is 4.39 Å². The molecule has 33 heavy (non-hydrogen) atoms. The zero-order valence-electron chi connectivity index (χ0n) is 19.2. The van der Waals surface area contributed by atoms with Gasteiger partial charge in [0, 0.05) is 62.2 Å². The SMILES string of the molecule is CN(C)[C@@H]1CCN(c2cc(N3CCN(c4ccccc4)CC3)c(F)cc2/C=N/NC(N)=S)C1. The minimum atomic E-state index is -0.243. The molecule has 0 aromatic heterocycles. The topological polar surface area (TPSA) is 63.4 Å². The van der Waals surface area contributed by atoms with Crippen molar-refractivity contribution in [3.63, 3.8) is 0 Å². The highest BCUT2D eigenvalue weighted by Crippen LogP contribution is 2.33. The lowest BCUT2D eigenvalue weighted by Crippen LogP contribution is -2.46. The molecular formula is C24H32FN7S. The van der Waals surface area contributed by atoms with E-state index in [0.29, 0.717) is 17.3 Å². The molecule has 2 aliphatic rings. The van der Waals surface area contributed by atoms with Gasteiger partial charge in [-0.25, -0.2) is 4.39 Å². The Bertz CT molecular complexity index is 990. The summed E-state index contributed by atoms with van der Waals surface area (Å²) in [5.41, 5.74) is 11.6. The van der Waals surface area contributed by atoms with Crippen molar-refractivity contribution < 1.29 is 4.39 Å². The minimum Gasteiger partial charge on any atom is -0.375 e. The zero-order chi connectivity index (χ0) is 23.4. The number of rotatable bonds is 6. The van der Waals surface area contributed by atoms with E-state index in [1.807, 2.05) is 12.1 Å². The summed E-state index contributed by atoms with van der Waals surface area (Å²) >= 11 is 4.82. The maximum absolute atomic E-state index is 15.3. The number of thiocarbonyl (C=S) groups is 1. The molecule has 0 spiro atoms. The Balaban J connectivity index is 1.57. The van der Waals surface area contributed by atoms with E-state index in [0.717, 1.165) is 51.4 Å². The number of para-hydroxylation sites is 1. The molecule has 2 heterocycles. The average Bonchev–Trinajstić information content (AvgIpc) is 3.30. The number of halogens is 1. The quantitative estimate of drug-likeness (QED) is 0.383. The average molecular weight is 470 g/mol. The Labute approximate surface area is 200 Å². The Morgan fingerprint density at radius 3 is 2.39 bits per heavy atom. The van der Waals surface area contributed by atoms with Crippen LogP contribution in [0.15, 0.2) is 47.6 Å². The Morgan fingerprint density at radius 2 is 1.76 bits per heavy atom. The second-order valence-electron chi connectivity index (χ2n) is 8.76. The molecule has 1 atom stereocenters. The lowest BCUT2D eigenvalue weighted by Gasteiger charge is -2.38. The minimum absolute atomic E-state index is 0.0787. The van der Waals surface area contributed by atoms with Gasteiger partial charge in [0.05, 0.1) is 11.9 Å². The molecule has 0 bridgehead atoms. The van der Waals surface area contributed by atoms with Crippen molar-refractivity contribution in [3.05, 3.63) is 53.8 Å².